The molecule has 2 aromatic carbocycles. The third kappa shape index (κ3) is 4.75. The van der Waals surface area contributed by atoms with Crippen LogP contribution in [0.15, 0.2) is 47.4 Å². The summed E-state index contributed by atoms with van der Waals surface area (Å²) in [4.78, 5) is 20.2. The zero-order valence-electron chi connectivity index (χ0n) is 19.4. The highest BCUT2D eigenvalue weighted by molar-refractivity contribution is 7.89. The van der Waals surface area contributed by atoms with Gasteiger partial charge in [0.15, 0.2) is 0 Å². The molecule has 0 radical (unpaired) electrons. The van der Waals surface area contributed by atoms with E-state index >= 15 is 0 Å². The van der Waals surface area contributed by atoms with E-state index in [-0.39, 0.29) is 23.4 Å². The number of amides is 1. The van der Waals surface area contributed by atoms with Gasteiger partial charge in [-0.05, 0) is 69.0 Å². The fraction of sp³-hybridized carbons (Fsp3) is 0.440. The first-order valence-corrected chi connectivity index (χ1v) is 14.2. The summed E-state index contributed by atoms with van der Waals surface area (Å²) in [5.41, 5.74) is 2.40. The molecule has 0 spiro atoms. The Hall–Kier alpha value is -2.33. The number of benzene rings is 2. The lowest BCUT2D eigenvalue weighted by Gasteiger charge is -2.26. The molecule has 2 aliphatic heterocycles. The minimum Gasteiger partial charge on any atom is -0.325 e. The first-order chi connectivity index (χ1) is 16.4. The molecule has 0 aliphatic carbocycles. The maximum atomic E-state index is 13.1. The van der Waals surface area contributed by atoms with Gasteiger partial charge in [-0.25, -0.2) is 13.4 Å². The molecule has 180 valence electrons. The zero-order chi connectivity index (χ0) is 23.7. The number of anilines is 1. The lowest BCUT2D eigenvalue weighted by molar-refractivity contribution is -0.117. The van der Waals surface area contributed by atoms with Crippen LogP contribution in [0.4, 0.5) is 5.69 Å². The van der Waals surface area contributed by atoms with Crippen LogP contribution in [0.5, 0.6) is 0 Å². The summed E-state index contributed by atoms with van der Waals surface area (Å²) in [6.45, 7) is 4.09. The van der Waals surface area contributed by atoms with Crippen molar-refractivity contribution < 1.29 is 13.2 Å². The molecule has 0 saturated carbocycles. The Bertz CT molecular complexity index is 1270. The number of carbonyl (C=O) groups is 1. The smallest absolute Gasteiger partial charge is 0.243 e. The van der Waals surface area contributed by atoms with Gasteiger partial charge in [0.2, 0.25) is 15.9 Å². The van der Waals surface area contributed by atoms with Gasteiger partial charge in [-0.2, -0.15) is 4.31 Å². The van der Waals surface area contributed by atoms with Crippen LogP contribution in [-0.2, 0) is 14.8 Å². The van der Waals surface area contributed by atoms with Gasteiger partial charge in [0, 0.05) is 18.8 Å². The Morgan fingerprint density at radius 1 is 1.09 bits per heavy atom. The molecule has 0 bridgehead atoms. The third-order valence-electron chi connectivity index (χ3n) is 6.74. The maximum Gasteiger partial charge on any atom is 0.243 e. The number of nitrogens with one attached hydrogen (secondary N) is 1. The summed E-state index contributed by atoms with van der Waals surface area (Å²) >= 11 is 1.69. The molecule has 3 aromatic rings. The van der Waals surface area contributed by atoms with Crippen molar-refractivity contribution in [2.45, 2.75) is 50.0 Å². The third-order valence-corrected chi connectivity index (χ3v) is 9.77. The molecule has 34 heavy (non-hydrogen) atoms. The molecular formula is C25H30N4O3S2. The minimum absolute atomic E-state index is 0.134. The number of carbonyl (C=O) groups excluding carboxylic acids is 1. The topological polar surface area (TPSA) is 82.6 Å². The van der Waals surface area contributed by atoms with E-state index in [1.807, 2.05) is 25.1 Å². The molecule has 1 aromatic heterocycles. The molecule has 2 saturated heterocycles. The van der Waals surface area contributed by atoms with E-state index in [1.165, 1.54) is 0 Å². The quantitative estimate of drug-likeness (QED) is 0.539. The summed E-state index contributed by atoms with van der Waals surface area (Å²) in [7, 11) is -3.55. The molecule has 1 N–H and O–H groups in total. The monoisotopic (exact) mass is 498 g/mol. The van der Waals surface area contributed by atoms with E-state index in [0.717, 1.165) is 59.4 Å². The van der Waals surface area contributed by atoms with Crippen LogP contribution in [0.2, 0.25) is 0 Å². The van der Waals surface area contributed by atoms with Crippen LogP contribution >= 0.6 is 11.3 Å². The number of hydrogen-bond acceptors (Lipinski definition) is 6. The predicted octanol–water partition coefficient (Wildman–Crippen LogP) is 4.55. The van der Waals surface area contributed by atoms with Crippen molar-refractivity contribution in [1.82, 2.24) is 14.2 Å². The number of likely N-dealkylation sites (tertiary alicyclic amines) is 1. The van der Waals surface area contributed by atoms with Crippen LogP contribution < -0.4 is 5.32 Å². The van der Waals surface area contributed by atoms with Crippen LogP contribution in [0.1, 0.15) is 48.7 Å². The summed E-state index contributed by atoms with van der Waals surface area (Å²) in [6, 6.07) is 13.3. The second kappa shape index (κ2) is 9.73. The van der Waals surface area contributed by atoms with Crippen LogP contribution in [-0.4, -0.2) is 54.7 Å². The van der Waals surface area contributed by atoms with Gasteiger partial charge in [-0.1, -0.05) is 24.6 Å². The van der Waals surface area contributed by atoms with E-state index in [1.54, 1.807) is 33.8 Å². The Morgan fingerprint density at radius 2 is 1.88 bits per heavy atom. The summed E-state index contributed by atoms with van der Waals surface area (Å²) < 4.78 is 28.9. The molecule has 5 rings (SSSR count). The van der Waals surface area contributed by atoms with E-state index < -0.39 is 10.0 Å². The number of aromatic nitrogens is 1. The molecule has 7 nitrogen and oxygen atoms in total. The molecule has 3 heterocycles. The number of nitrogens with zero attached hydrogens (tertiary/aromatic N) is 3. The van der Waals surface area contributed by atoms with E-state index in [9.17, 15) is 13.2 Å². The van der Waals surface area contributed by atoms with Gasteiger partial charge in [0.1, 0.15) is 5.01 Å². The average molecular weight is 499 g/mol. The largest absolute Gasteiger partial charge is 0.325 e. The van der Waals surface area contributed by atoms with Gasteiger partial charge < -0.3 is 5.32 Å². The fourth-order valence-electron chi connectivity index (χ4n) is 4.85. The van der Waals surface area contributed by atoms with E-state index in [0.29, 0.717) is 18.8 Å². The van der Waals surface area contributed by atoms with Gasteiger partial charge in [-0.15, -0.1) is 11.3 Å². The number of sulfonamides is 1. The number of fused-ring (bicyclic) bond motifs is 1. The van der Waals surface area contributed by atoms with Gasteiger partial charge in [0.25, 0.3) is 0 Å². The first kappa shape index (κ1) is 23.4. The number of thiazole rings is 1. The second-order valence-electron chi connectivity index (χ2n) is 9.14. The Kier molecular flexibility index (Phi) is 6.70. The number of para-hydroxylation sites is 1. The van der Waals surface area contributed by atoms with Gasteiger partial charge in [0.05, 0.1) is 27.7 Å². The number of aryl methyl sites for hydroxylation is 1. The van der Waals surface area contributed by atoms with E-state index in [2.05, 4.69) is 16.3 Å². The van der Waals surface area contributed by atoms with Crippen molar-refractivity contribution in [1.29, 1.82) is 0 Å². The fourth-order valence-corrected chi connectivity index (χ4v) is 7.53. The highest BCUT2D eigenvalue weighted by Crippen LogP contribution is 2.36. The lowest BCUT2D eigenvalue weighted by Crippen LogP contribution is -2.35. The molecule has 2 fully saturated rings. The van der Waals surface area contributed by atoms with Crippen molar-refractivity contribution >= 4 is 43.2 Å². The summed E-state index contributed by atoms with van der Waals surface area (Å²) in [5, 5.41) is 4.02. The highest BCUT2D eigenvalue weighted by atomic mass is 32.2. The number of piperidine rings is 1. The van der Waals surface area contributed by atoms with Gasteiger partial charge >= 0.3 is 0 Å². The summed E-state index contributed by atoms with van der Waals surface area (Å²) in [6.07, 6.45) is 4.85. The van der Waals surface area contributed by atoms with Crippen LogP contribution in [0.25, 0.3) is 10.2 Å². The normalized spacial score (nSPS) is 20.1. The van der Waals surface area contributed by atoms with Crippen molar-refractivity contribution in [3.63, 3.8) is 0 Å². The van der Waals surface area contributed by atoms with E-state index in [4.69, 9.17) is 4.98 Å². The van der Waals surface area contributed by atoms with Crippen LogP contribution in [0.3, 0.4) is 0 Å². The number of hydrogen-bond donors (Lipinski definition) is 1. The average Bonchev–Trinajstić information content (AvgIpc) is 3.47. The second-order valence-corrected chi connectivity index (χ2v) is 12.1. The number of rotatable bonds is 6. The van der Waals surface area contributed by atoms with Crippen molar-refractivity contribution in [2.24, 2.45) is 0 Å². The van der Waals surface area contributed by atoms with Crippen molar-refractivity contribution in [3.05, 3.63) is 53.0 Å². The molecule has 1 atom stereocenters. The first-order valence-electron chi connectivity index (χ1n) is 11.9. The minimum atomic E-state index is -3.55. The Labute approximate surface area is 204 Å². The molecular weight excluding hydrogens is 468 g/mol. The standard InChI is InChI=1S/C25H30N4O3S2/c1-18-11-12-19(34(31,32)29-14-5-2-6-15-29)16-21(18)26-24(30)17-28-13-7-9-22(28)25-27-20-8-3-4-10-23(20)33-25/h3-4,8,10-12,16,22H,2,5-7,9,13-15,17H2,1H3,(H,26,30)/t22-/m0/s1. The molecule has 1 amide bonds. The lowest BCUT2D eigenvalue weighted by atomic mass is 10.2. The highest BCUT2D eigenvalue weighted by Gasteiger charge is 2.31. The Morgan fingerprint density at radius 3 is 2.68 bits per heavy atom. The maximum absolute atomic E-state index is 13.1. The summed E-state index contributed by atoms with van der Waals surface area (Å²) in [5.74, 6) is -0.136. The zero-order valence-corrected chi connectivity index (χ0v) is 21.0. The van der Waals surface area contributed by atoms with Crippen LogP contribution in [0, 0.1) is 6.92 Å². The van der Waals surface area contributed by atoms with Gasteiger partial charge in [-0.3, -0.25) is 9.69 Å². The van der Waals surface area contributed by atoms with Crippen molar-refractivity contribution in [2.75, 3.05) is 31.5 Å². The Balaban J connectivity index is 1.29. The predicted molar refractivity (Wildman–Crippen MR) is 136 cm³/mol. The molecule has 9 heteroatoms. The van der Waals surface area contributed by atoms with Crippen molar-refractivity contribution in [3.8, 4) is 0 Å². The molecule has 0 unspecified atom stereocenters. The molecule has 2 aliphatic rings. The SMILES string of the molecule is Cc1ccc(S(=O)(=O)N2CCCCC2)cc1NC(=O)CN1CCC[C@H]1c1nc2ccccc2s1.